The number of hydrogen-bond donors (Lipinski definition) is 2. The summed E-state index contributed by atoms with van der Waals surface area (Å²) in [5.74, 6) is 0.624. The zero-order chi connectivity index (χ0) is 19.5. The molecule has 2 N–H and O–H groups in total. The summed E-state index contributed by atoms with van der Waals surface area (Å²) in [4.78, 5) is 7.63. The first-order valence-corrected chi connectivity index (χ1v) is 9.59. The molecule has 142 valence electrons. The minimum atomic E-state index is 0.624. The zero-order valence-corrected chi connectivity index (χ0v) is 15.8. The smallest absolute Gasteiger partial charge is 0.222 e. The van der Waals surface area contributed by atoms with Crippen molar-refractivity contribution in [1.29, 1.82) is 0 Å². The topological polar surface area (TPSA) is 68.7 Å². The summed E-state index contributed by atoms with van der Waals surface area (Å²) < 4.78 is 0. The lowest BCUT2D eigenvalue weighted by atomic mass is 10.1. The minimum Gasteiger partial charge on any atom is -0.323 e. The van der Waals surface area contributed by atoms with Crippen LogP contribution in [0.1, 0.15) is 17.5 Å². The van der Waals surface area contributed by atoms with E-state index in [9.17, 15) is 0 Å². The van der Waals surface area contributed by atoms with E-state index in [2.05, 4.69) is 49.8 Å². The van der Waals surface area contributed by atoms with Crippen LogP contribution in [0.3, 0.4) is 0 Å². The fourth-order valence-electron chi connectivity index (χ4n) is 3.38. The molecule has 2 heterocycles. The van der Waals surface area contributed by atoms with Crippen LogP contribution in [0.15, 0.2) is 89.1 Å². The molecule has 0 aliphatic carbocycles. The lowest BCUT2D eigenvalue weighted by Crippen LogP contribution is -2.11. The molecule has 0 atom stereocenters. The van der Waals surface area contributed by atoms with Crippen LogP contribution < -0.4 is 10.4 Å². The SMILES string of the molecule is C(=N/Nc1nc2ccccc2[nH]1)/c1ccc(N2CCC(c3ccccc3)=N2)cc1. The molecule has 6 nitrogen and oxygen atoms in total. The minimum absolute atomic E-state index is 0.624. The van der Waals surface area contributed by atoms with Crippen LogP contribution in [0.25, 0.3) is 11.0 Å². The number of nitrogens with one attached hydrogen (secondary N) is 2. The Hall–Kier alpha value is -3.93. The van der Waals surface area contributed by atoms with Gasteiger partial charge in [-0.25, -0.2) is 10.4 Å². The van der Waals surface area contributed by atoms with Gasteiger partial charge < -0.3 is 4.98 Å². The highest BCUT2D eigenvalue weighted by atomic mass is 15.5. The molecule has 0 fully saturated rings. The second-order valence-electron chi connectivity index (χ2n) is 6.85. The van der Waals surface area contributed by atoms with Gasteiger partial charge in [-0.2, -0.15) is 10.2 Å². The molecule has 0 saturated carbocycles. The number of hydrogen-bond acceptors (Lipinski definition) is 5. The predicted octanol–water partition coefficient (Wildman–Crippen LogP) is 4.62. The van der Waals surface area contributed by atoms with E-state index in [4.69, 9.17) is 5.10 Å². The molecule has 1 aromatic heterocycles. The van der Waals surface area contributed by atoms with Crippen molar-refractivity contribution in [3.63, 3.8) is 0 Å². The van der Waals surface area contributed by atoms with Crippen LogP contribution in [-0.4, -0.2) is 28.4 Å². The molecule has 6 heteroatoms. The fraction of sp³-hybridized carbons (Fsp3) is 0.0870. The number of H-pyrrole nitrogens is 1. The van der Waals surface area contributed by atoms with Gasteiger partial charge in [0.25, 0.3) is 0 Å². The number of rotatable bonds is 5. The molecule has 0 saturated heterocycles. The molecule has 1 aliphatic heterocycles. The summed E-state index contributed by atoms with van der Waals surface area (Å²) in [5, 5.41) is 11.1. The number of aromatic amines is 1. The maximum atomic E-state index is 4.77. The number of hydrazone groups is 2. The average molecular weight is 380 g/mol. The Morgan fingerprint density at radius 2 is 1.72 bits per heavy atom. The average Bonchev–Trinajstić information content (AvgIpc) is 3.42. The number of benzene rings is 3. The standard InChI is InChI=1S/C23H20N6/c1-2-6-18(7-3-1)20-14-15-29(28-20)19-12-10-17(11-13-19)16-24-27-23-25-21-8-4-5-9-22(21)26-23/h1-13,16H,14-15H2,(H2,25,26,27)/b24-16-. The molecular formula is C23H20N6. The van der Waals surface area contributed by atoms with E-state index in [0.29, 0.717) is 5.95 Å². The van der Waals surface area contributed by atoms with Crippen LogP contribution in [0.2, 0.25) is 0 Å². The third-order valence-corrected chi connectivity index (χ3v) is 4.87. The number of imidazole rings is 1. The van der Waals surface area contributed by atoms with Crippen LogP contribution >= 0.6 is 0 Å². The second kappa shape index (κ2) is 7.59. The van der Waals surface area contributed by atoms with Crippen LogP contribution in [0, 0.1) is 0 Å². The molecule has 0 unspecified atom stereocenters. The highest BCUT2D eigenvalue weighted by Crippen LogP contribution is 2.22. The largest absolute Gasteiger partial charge is 0.323 e. The fourth-order valence-corrected chi connectivity index (χ4v) is 3.38. The summed E-state index contributed by atoms with van der Waals surface area (Å²) in [7, 11) is 0. The van der Waals surface area contributed by atoms with E-state index in [1.165, 1.54) is 5.56 Å². The molecule has 0 radical (unpaired) electrons. The zero-order valence-electron chi connectivity index (χ0n) is 15.8. The molecule has 4 aromatic rings. The summed E-state index contributed by atoms with van der Waals surface area (Å²) in [5.41, 5.74) is 9.25. The van der Waals surface area contributed by atoms with Crippen molar-refractivity contribution in [3.8, 4) is 0 Å². The van der Waals surface area contributed by atoms with Crippen molar-refractivity contribution in [2.24, 2.45) is 10.2 Å². The van der Waals surface area contributed by atoms with Gasteiger partial charge in [0.1, 0.15) is 0 Å². The molecule has 5 rings (SSSR count). The molecule has 29 heavy (non-hydrogen) atoms. The maximum absolute atomic E-state index is 4.77. The molecule has 0 spiro atoms. The Kier molecular flexibility index (Phi) is 4.50. The summed E-state index contributed by atoms with van der Waals surface area (Å²) in [6.45, 7) is 0.894. The number of nitrogens with zero attached hydrogens (tertiary/aromatic N) is 4. The van der Waals surface area contributed by atoms with Crippen molar-refractivity contribution in [2.75, 3.05) is 17.0 Å². The van der Waals surface area contributed by atoms with E-state index in [1.54, 1.807) is 6.21 Å². The van der Waals surface area contributed by atoms with Gasteiger partial charge in [-0.15, -0.1) is 0 Å². The maximum Gasteiger partial charge on any atom is 0.222 e. The second-order valence-corrected chi connectivity index (χ2v) is 6.85. The van der Waals surface area contributed by atoms with E-state index in [1.807, 2.05) is 54.6 Å². The number of fused-ring (bicyclic) bond motifs is 1. The Balaban J connectivity index is 1.24. The van der Waals surface area contributed by atoms with E-state index in [0.717, 1.165) is 41.0 Å². The molecule has 1 aliphatic rings. The van der Waals surface area contributed by atoms with Crippen molar-refractivity contribution < 1.29 is 0 Å². The van der Waals surface area contributed by atoms with Crippen LogP contribution in [0.5, 0.6) is 0 Å². The first kappa shape index (κ1) is 17.2. The quantitative estimate of drug-likeness (QED) is 0.392. The molecule has 0 bridgehead atoms. The Morgan fingerprint density at radius 3 is 2.55 bits per heavy atom. The van der Waals surface area contributed by atoms with Crippen molar-refractivity contribution in [3.05, 3.63) is 90.0 Å². The van der Waals surface area contributed by atoms with Crippen LogP contribution in [0.4, 0.5) is 11.6 Å². The lowest BCUT2D eigenvalue weighted by molar-refractivity contribution is 0.922. The van der Waals surface area contributed by atoms with E-state index in [-0.39, 0.29) is 0 Å². The van der Waals surface area contributed by atoms with Gasteiger partial charge >= 0.3 is 0 Å². The normalized spacial score (nSPS) is 13.9. The van der Waals surface area contributed by atoms with Gasteiger partial charge in [0.15, 0.2) is 0 Å². The first-order chi connectivity index (χ1) is 14.3. The van der Waals surface area contributed by atoms with Crippen LogP contribution in [-0.2, 0) is 0 Å². The van der Waals surface area contributed by atoms with Crippen molar-refractivity contribution in [1.82, 2.24) is 9.97 Å². The summed E-state index contributed by atoms with van der Waals surface area (Å²) >= 11 is 0. The number of aromatic nitrogens is 2. The Labute approximate surface area is 168 Å². The molecule has 3 aromatic carbocycles. The number of anilines is 2. The Bertz CT molecular complexity index is 1140. The highest BCUT2D eigenvalue weighted by molar-refractivity contribution is 6.02. The first-order valence-electron chi connectivity index (χ1n) is 9.59. The van der Waals surface area contributed by atoms with E-state index >= 15 is 0 Å². The van der Waals surface area contributed by atoms with Crippen molar-refractivity contribution >= 4 is 34.6 Å². The van der Waals surface area contributed by atoms with Gasteiger partial charge in [0.2, 0.25) is 5.95 Å². The van der Waals surface area contributed by atoms with Crippen molar-refractivity contribution in [2.45, 2.75) is 6.42 Å². The van der Waals surface area contributed by atoms with Gasteiger partial charge in [0.05, 0.1) is 28.6 Å². The molecule has 0 amide bonds. The molecular weight excluding hydrogens is 360 g/mol. The predicted molar refractivity (Wildman–Crippen MR) is 119 cm³/mol. The van der Waals surface area contributed by atoms with E-state index < -0.39 is 0 Å². The Morgan fingerprint density at radius 1 is 0.931 bits per heavy atom. The van der Waals surface area contributed by atoms with Gasteiger partial charge in [-0.05, 0) is 35.4 Å². The highest BCUT2D eigenvalue weighted by Gasteiger charge is 2.16. The monoisotopic (exact) mass is 380 g/mol. The van der Waals surface area contributed by atoms with Gasteiger partial charge in [-0.1, -0.05) is 54.6 Å². The summed E-state index contributed by atoms with van der Waals surface area (Å²) in [6, 6.07) is 26.4. The van der Waals surface area contributed by atoms with Gasteiger partial charge in [-0.3, -0.25) is 5.01 Å². The van der Waals surface area contributed by atoms with Gasteiger partial charge in [0, 0.05) is 13.0 Å². The third-order valence-electron chi connectivity index (χ3n) is 4.87. The lowest BCUT2D eigenvalue weighted by Gasteiger charge is -2.13. The summed E-state index contributed by atoms with van der Waals surface area (Å²) in [6.07, 6.45) is 2.73. The number of para-hydroxylation sites is 2. The third kappa shape index (κ3) is 3.73.